The second-order valence-electron chi connectivity index (χ2n) is 7.20. The molecule has 3 heterocycles. The van der Waals surface area contributed by atoms with Crippen LogP contribution in [0.3, 0.4) is 0 Å². The molecule has 1 aromatic rings. The molecule has 2 aliphatic rings. The van der Waals surface area contributed by atoms with Crippen molar-refractivity contribution < 1.29 is 5.11 Å². The zero-order valence-corrected chi connectivity index (χ0v) is 15.0. The Labute approximate surface area is 145 Å². The van der Waals surface area contributed by atoms with Crippen molar-refractivity contribution in [3.8, 4) is 0 Å². The summed E-state index contributed by atoms with van der Waals surface area (Å²) in [5.74, 6) is 0. The summed E-state index contributed by atoms with van der Waals surface area (Å²) in [5, 5.41) is 14.1. The first-order chi connectivity index (χ1) is 11.7. The number of hydrogen-bond acceptors (Lipinski definition) is 4. The lowest BCUT2D eigenvalue weighted by Gasteiger charge is -2.31. The van der Waals surface area contributed by atoms with Crippen LogP contribution in [0, 0.1) is 0 Å². The van der Waals surface area contributed by atoms with E-state index in [9.17, 15) is 5.11 Å². The second kappa shape index (κ2) is 8.79. The molecule has 0 saturated carbocycles. The van der Waals surface area contributed by atoms with E-state index in [2.05, 4.69) is 27.2 Å². The lowest BCUT2D eigenvalue weighted by atomic mass is 10.0. The summed E-state index contributed by atoms with van der Waals surface area (Å²) in [6, 6.07) is 0. The van der Waals surface area contributed by atoms with Gasteiger partial charge in [0.25, 0.3) is 0 Å². The average Bonchev–Trinajstić information content (AvgIpc) is 3.09. The average molecular weight is 332 g/mol. The molecule has 3 rings (SSSR count). The molecule has 1 aromatic heterocycles. The molecule has 134 valence electrons. The van der Waals surface area contributed by atoms with Crippen LogP contribution in [0.2, 0.25) is 0 Å². The van der Waals surface area contributed by atoms with Crippen molar-refractivity contribution >= 4 is 5.57 Å². The molecule has 2 aliphatic heterocycles. The van der Waals surface area contributed by atoms with Gasteiger partial charge in [-0.25, -0.2) is 0 Å². The Kier molecular flexibility index (Phi) is 6.46. The van der Waals surface area contributed by atoms with E-state index in [4.69, 9.17) is 0 Å². The van der Waals surface area contributed by atoms with E-state index >= 15 is 0 Å². The molecule has 1 fully saturated rings. The highest BCUT2D eigenvalue weighted by molar-refractivity contribution is 5.65. The maximum Gasteiger partial charge on any atom is 0.0733 e. The largest absolute Gasteiger partial charge is 0.391 e. The fourth-order valence-electron chi connectivity index (χ4n) is 3.62. The van der Waals surface area contributed by atoms with E-state index in [1.165, 1.54) is 56.6 Å². The lowest BCUT2D eigenvalue weighted by molar-refractivity contribution is 0.145. The van der Waals surface area contributed by atoms with Crippen molar-refractivity contribution in [2.24, 2.45) is 0 Å². The summed E-state index contributed by atoms with van der Waals surface area (Å²) in [6.07, 6.45) is 12.1. The molecule has 1 atom stereocenters. The molecule has 1 unspecified atom stereocenters. The topological polar surface area (TPSA) is 44.5 Å². The van der Waals surface area contributed by atoms with Crippen molar-refractivity contribution in [3.05, 3.63) is 24.0 Å². The van der Waals surface area contributed by atoms with Gasteiger partial charge >= 0.3 is 0 Å². The van der Waals surface area contributed by atoms with Crippen LogP contribution in [0.1, 0.15) is 44.6 Å². The molecule has 0 aliphatic carbocycles. The number of aromatic nitrogens is 2. The van der Waals surface area contributed by atoms with Gasteiger partial charge in [0.05, 0.1) is 18.8 Å². The number of likely N-dealkylation sites (tertiary alicyclic amines) is 1. The molecule has 0 aromatic carbocycles. The Balaban J connectivity index is 1.46. The minimum absolute atomic E-state index is 0.302. The maximum atomic E-state index is 9.75. The first-order valence-corrected chi connectivity index (χ1v) is 9.59. The van der Waals surface area contributed by atoms with Crippen LogP contribution in [0.15, 0.2) is 18.5 Å². The van der Waals surface area contributed by atoms with Gasteiger partial charge in [0, 0.05) is 37.9 Å². The molecule has 0 radical (unpaired) electrons. The van der Waals surface area contributed by atoms with Gasteiger partial charge in [0.15, 0.2) is 0 Å². The third-order valence-electron chi connectivity index (χ3n) is 5.35. The van der Waals surface area contributed by atoms with E-state index in [0.717, 1.165) is 25.9 Å². The third kappa shape index (κ3) is 4.91. The number of rotatable bonds is 7. The SMILES string of the molecule is CCC(O)Cn1cc(C2=CCN(CCN3CCCCC3)CC2)cn1. The zero-order valence-electron chi connectivity index (χ0n) is 15.0. The van der Waals surface area contributed by atoms with Crippen LogP contribution in [-0.4, -0.2) is 70.1 Å². The first-order valence-electron chi connectivity index (χ1n) is 9.59. The first kappa shape index (κ1) is 17.6. The van der Waals surface area contributed by atoms with Crippen LogP contribution in [-0.2, 0) is 6.54 Å². The standard InChI is InChI=1S/C19H32N4O/c1-2-19(24)16-23-15-18(14-20-23)17-6-10-22(11-7-17)13-12-21-8-4-3-5-9-21/h6,14-15,19,24H,2-5,7-13,16H2,1H3. The van der Waals surface area contributed by atoms with Gasteiger partial charge in [-0.05, 0) is 44.3 Å². The Morgan fingerprint density at radius 3 is 2.62 bits per heavy atom. The molecular formula is C19H32N4O. The van der Waals surface area contributed by atoms with E-state index in [0.29, 0.717) is 6.54 Å². The summed E-state index contributed by atoms with van der Waals surface area (Å²) in [5.41, 5.74) is 2.62. The van der Waals surface area contributed by atoms with Gasteiger partial charge < -0.3 is 10.0 Å². The van der Waals surface area contributed by atoms with Gasteiger partial charge in [-0.2, -0.15) is 5.10 Å². The van der Waals surface area contributed by atoms with Gasteiger partial charge in [0.2, 0.25) is 0 Å². The van der Waals surface area contributed by atoms with Crippen LogP contribution in [0.25, 0.3) is 5.57 Å². The fraction of sp³-hybridized carbons (Fsp3) is 0.737. The van der Waals surface area contributed by atoms with E-state index in [-0.39, 0.29) is 6.10 Å². The van der Waals surface area contributed by atoms with Crippen molar-refractivity contribution in [1.82, 2.24) is 19.6 Å². The number of aliphatic hydroxyl groups excluding tert-OH is 1. The minimum Gasteiger partial charge on any atom is -0.391 e. The highest BCUT2D eigenvalue weighted by Crippen LogP contribution is 2.22. The third-order valence-corrected chi connectivity index (χ3v) is 5.35. The van der Waals surface area contributed by atoms with Crippen molar-refractivity contribution in [2.45, 2.75) is 51.7 Å². The molecule has 24 heavy (non-hydrogen) atoms. The molecule has 1 N–H and O–H groups in total. The Morgan fingerprint density at radius 2 is 1.92 bits per heavy atom. The predicted octanol–water partition coefficient (Wildman–Crippen LogP) is 2.23. The van der Waals surface area contributed by atoms with Crippen LogP contribution in [0.4, 0.5) is 0 Å². The summed E-state index contributed by atoms with van der Waals surface area (Å²) in [7, 11) is 0. The molecular weight excluding hydrogens is 300 g/mol. The number of aliphatic hydroxyl groups is 1. The summed E-state index contributed by atoms with van der Waals surface area (Å²) < 4.78 is 1.87. The molecule has 0 amide bonds. The summed E-state index contributed by atoms with van der Waals surface area (Å²) >= 11 is 0. The van der Waals surface area contributed by atoms with Crippen LogP contribution in [0.5, 0.6) is 0 Å². The summed E-state index contributed by atoms with van der Waals surface area (Å²) in [6.45, 7) is 9.76. The smallest absolute Gasteiger partial charge is 0.0733 e. The van der Waals surface area contributed by atoms with E-state index < -0.39 is 0 Å². The van der Waals surface area contributed by atoms with Crippen LogP contribution >= 0.6 is 0 Å². The minimum atomic E-state index is -0.302. The number of nitrogens with zero attached hydrogens (tertiary/aromatic N) is 4. The van der Waals surface area contributed by atoms with Gasteiger partial charge in [-0.1, -0.05) is 19.4 Å². The number of piperidine rings is 1. The van der Waals surface area contributed by atoms with Gasteiger partial charge in [-0.3, -0.25) is 9.58 Å². The Hall–Kier alpha value is -1.17. The monoisotopic (exact) mass is 332 g/mol. The van der Waals surface area contributed by atoms with Gasteiger partial charge in [0.1, 0.15) is 0 Å². The molecule has 5 heteroatoms. The quantitative estimate of drug-likeness (QED) is 0.832. The molecule has 0 bridgehead atoms. The highest BCUT2D eigenvalue weighted by atomic mass is 16.3. The normalized spacial score (nSPS) is 21.7. The Bertz CT molecular complexity index is 533. The van der Waals surface area contributed by atoms with Crippen molar-refractivity contribution in [1.29, 1.82) is 0 Å². The fourth-order valence-corrected chi connectivity index (χ4v) is 3.62. The Morgan fingerprint density at radius 1 is 1.12 bits per heavy atom. The highest BCUT2D eigenvalue weighted by Gasteiger charge is 2.16. The maximum absolute atomic E-state index is 9.75. The predicted molar refractivity (Wildman–Crippen MR) is 97.8 cm³/mol. The molecule has 5 nitrogen and oxygen atoms in total. The van der Waals surface area contributed by atoms with Crippen molar-refractivity contribution in [2.75, 3.05) is 39.3 Å². The second-order valence-corrected chi connectivity index (χ2v) is 7.20. The van der Waals surface area contributed by atoms with E-state index in [1.807, 2.05) is 17.8 Å². The van der Waals surface area contributed by atoms with Crippen molar-refractivity contribution in [3.63, 3.8) is 0 Å². The van der Waals surface area contributed by atoms with Gasteiger partial charge in [-0.15, -0.1) is 0 Å². The zero-order chi connectivity index (χ0) is 16.8. The lowest BCUT2D eigenvalue weighted by Crippen LogP contribution is -2.39. The molecule has 0 spiro atoms. The van der Waals surface area contributed by atoms with E-state index in [1.54, 1.807) is 0 Å². The van der Waals surface area contributed by atoms with Crippen LogP contribution < -0.4 is 0 Å². The molecule has 1 saturated heterocycles. The summed E-state index contributed by atoms with van der Waals surface area (Å²) in [4.78, 5) is 5.18. The number of hydrogen-bond donors (Lipinski definition) is 1.